The van der Waals surface area contributed by atoms with Gasteiger partial charge in [-0.05, 0) is 15.9 Å². The van der Waals surface area contributed by atoms with Crippen molar-refractivity contribution in [2.75, 3.05) is 7.11 Å². The van der Waals surface area contributed by atoms with Gasteiger partial charge in [-0.3, -0.25) is 0 Å². The Morgan fingerprint density at radius 3 is 2.64 bits per heavy atom. The minimum atomic E-state index is -2.61. The van der Waals surface area contributed by atoms with E-state index in [2.05, 4.69) is 36.8 Å². The quantitative estimate of drug-likeness (QED) is 0.623. The molecular weight excluding hydrogens is 324 g/mol. The predicted octanol–water partition coefficient (Wildman–Crippen LogP) is 3.69. The van der Waals surface area contributed by atoms with Gasteiger partial charge in [-0.2, -0.15) is 0 Å². The molecule has 0 amide bonds. The van der Waals surface area contributed by atoms with E-state index >= 15 is 0 Å². The van der Waals surface area contributed by atoms with Crippen molar-refractivity contribution in [3.05, 3.63) is 21.9 Å². The van der Waals surface area contributed by atoms with Crippen LogP contribution in [0.5, 0.6) is 5.75 Å². The number of halogens is 4. The van der Waals surface area contributed by atoms with E-state index in [0.29, 0.717) is 10.9 Å². The summed E-state index contributed by atoms with van der Waals surface area (Å²) in [5, 5.41) is 0.427. The van der Waals surface area contributed by atoms with Crippen LogP contribution in [0.3, 0.4) is 0 Å². The number of rotatable bonds is 3. The largest absolute Gasteiger partial charge is 0.496 e. The molecule has 1 aromatic rings. The number of pyridine rings is 1. The maximum Gasteiger partial charge on any atom is 0.270 e. The second kappa shape index (κ2) is 5.02. The molecule has 0 fully saturated rings. The molecule has 0 aliphatic heterocycles. The number of hydrogen-bond acceptors (Lipinski definition) is 2. The van der Waals surface area contributed by atoms with Crippen LogP contribution in [0.15, 0.2) is 10.8 Å². The van der Waals surface area contributed by atoms with Crippen molar-refractivity contribution >= 4 is 31.9 Å². The van der Waals surface area contributed by atoms with Gasteiger partial charge in [-0.15, -0.1) is 0 Å². The average molecular weight is 331 g/mol. The number of nitrogens with zero attached hydrogens (tertiary/aromatic N) is 1. The predicted molar refractivity (Wildman–Crippen MR) is 56.1 cm³/mol. The third-order valence-electron chi connectivity index (χ3n) is 1.66. The lowest BCUT2D eigenvalue weighted by Crippen LogP contribution is -1.99. The van der Waals surface area contributed by atoms with E-state index in [1.54, 1.807) is 0 Å². The lowest BCUT2D eigenvalue weighted by atomic mass is 10.2. The lowest BCUT2D eigenvalue weighted by molar-refractivity contribution is 0.145. The number of ether oxygens (including phenoxy) is 1. The van der Waals surface area contributed by atoms with Crippen LogP contribution in [0.4, 0.5) is 8.78 Å². The van der Waals surface area contributed by atoms with Crippen LogP contribution in [0.25, 0.3) is 0 Å². The highest BCUT2D eigenvalue weighted by Crippen LogP contribution is 2.37. The molecule has 0 saturated carbocycles. The Bertz CT molecular complexity index is 333. The zero-order chi connectivity index (χ0) is 10.7. The van der Waals surface area contributed by atoms with Gasteiger partial charge in [-0.1, -0.05) is 15.9 Å². The summed E-state index contributed by atoms with van der Waals surface area (Å²) < 4.78 is 30.3. The fraction of sp³-hybridized carbons (Fsp3) is 0.375. The number of alkyl halides is 3. The van der Waals surface area contributed by atoms with Gasteiger partial charge in [0, 0.05) is 17.1 Å². The van der Waals surface area contributed by atoms with Gasteiger partial charge in [0.2, 0.25) is 0 Å². The second-order valence-electron chi connectivity index (χ2n) is 2.46. The first kappa shape index (κ1) is 11.8. The molecule has 0 atom stereocenters. The SMILES string of the molecule is COc1c(CBr)cnc(Br)c1C(F)F. The van der Waals surface area contributed by atoms with Gasteiger partial charge < -0.3 is 4.74 Å². The second-order valence-corrected chi connectivity index (χ2v) is 3.77. The Hall–Kier alpha value is -0.230. The summed E-state index contributed by atoms with van der Waals surface area (Å²) in [5.41, 5.74) is 0.399. The Morgan fingerprint density at radius 1 is 1.57 bits per heavy atom. The van der Waals surface area contributed by atoms with E-state index in [1.165, 1.54) is 13.3 Å². The zero-order valence-corrected chi connectivity index (χ0v) is 10.4. The van der Waals surface area contributed by atoms with Crippen molar-refractivity contribution in [3.63, 3.8) is 0 Å². The lowest BCUT2D eigenvalue weighted by Gasteiger charge is -2.12. The van der Waals surface area contributed by atoms with E-state index in [-0.39, 0.29) is 15.9 Å². The highest BCUT2D eigenvalue weighted by atomic mass is 79.9. The average Bonchev–Trinajstić information content (AvgIpc) is 2.16. The third kappa shape index (κ3) is 2.23. The van der Waals surface area contributed by atoms with Crippen LogP contribution in [-0.2, 0) is 5.33 Å². The smallest absolute Gasteiger partial charge is 0.270 e. The summed E-state index contributed by atoms with van der Waals surface area (Å²) >= 11 is 6.14. The van der Waals surface area contributed by atoms with Crippen molar-refractivity contribution in [3.8, 4) is 5.75 Å². The van der Waals surface area contributed by atoms with E-state index in [1.807, 2.05) is 0 Å². The highest BCUT2D eigenvalue weighted by Gasteiger charge is 2.21. The first-order valence-corrected chi connectivity index (χ1v) is 5.58. The first-order valence-electron chi connectivity index (χ1n) is 3.67. The summed E-state index contributed by atoms with van der Waals surface area (Å²) in [6, 6.07) is 0. The highest BCUT2D eigenvalue weighted by molar-refractivity contribution is 9.10. The van der Waals surface area contributed by atoms with Crippen LogP contribution >= 0.6 is 31.9 Å². The zero-order valence-electron chi connectivity index (χ0n) is 7.23. The topological polar surface area (TPSA) is 22.1 Å². The fourth-order valence-corrected chi connectivity index (χ4v) is 1.91. The van der Waals surface area contributed by atoms with Crippen LogP contribution in [0.1, 0.15) is 17.6 Å². The van der Waals surface area contributed by atoms with Crippen LogP contribution < -0.4 is 4.74 Å². The summed E-state index contributed by atoms with van der Waals surface area (Å²) in [4.78, 5) is 3.81. The van der Waals surface area contributed by atoms with Gasteiger partial charge in [0.25, 0.3) is 6.43 Å². The molecule has 0 spiro atoms. The molecular formula is C8H7Br2F2NO. The molecule has 1 rings (SSSR count). The van der Waals surface area contributed by atoms with Gasteiger partial charge >= 0.3 is 0 Å². The molecule has 1 heterocycles. The van der Waals surface area contributed by atoms with Crippen molar-refractivity contribution < 1.29 is 13.5 Å². The molecule has 0 aliphatic carbocycles. The minimum absolute atomic E-state index is 0.119. The summed E-state index contributed by atoms with van der Waals surface area (Å²) in [7, 11) is 1.36. The van der Waals surface area contributed by atoms with Crippen molar-refractivity contribution in [2.45, 2.75) is 11.8 Å². The molecule has 0 aliphatic rings. The standard InChI is InChI=1S/C8H7Br2F2NO/c1-14-6-4(2-9)3-13-7(10)5(6)8(11)12/h3,8H,2H2,1H3. The fourth-order valence-electron chi connectivity index (χ4n) is 1.05. The van der Waals surface area contributed by atoms with Crippen molar-refractivity contribution in [2.24, 2.45) is 0 Å². The van der Waals surface area contributed by atoms with Crippen molar-refractivity contribution in [1.82, 2.24) is 4.98 Å². The minimum Gasteiger partial charge on any atom is -0.496 e. The molecule has 0 bridgehead atoms. The van der Waals surface area contributed by atoms with Gasteiger partial charge in [0.1, 0.15) is 10.4 Å². The summed E-state index contributed by atoms with van der Waals surface area (Å²) in [6.45, 7) is 0. The Labute approximate surface area is 96.9 Å². The number of methoxy groups -OCH3 is 1. The maximum absolute atomic E-state index is 12.6. The summed E-state index contributed by atoms with van der Waals surface area (Å²) in [5.74, 6) is 0.179. The Balaban J connectivity index is 3.35. The number of hydrogen-bond donors (Lipinski definition) is 0. The molecule has 0 N–H and O–H groups in total. The van der Waals surface area contributed by atoms with Gasteiger partial charge in [0.05, 0.1) is 12.7 Å². The maximum atomic E-state index is 12.6. The van der Waals surface area contributed by atoms with E-state index < -0.39 is 6.43 Å². The molecule has 0 aromatic carbocycles. The third-order valence-corrected chi connectivity index (χ3v) is 2.89. The monoisotopic (exact) mass is 329 g/mol. The Morgan fingerprint density at radius 2 is 2.21 bits per heavy atom. The van der Waals surface area contributed by atoms with Gasteiger partial charge in [0.15, 0.2) is 0 Å². The van der Waals surface area contributed by atoms with Crippen LogP contribution in [0, 0.1) is 0 Å². The van der Waals surface area contributed by atoms with E-state index in [4.69, 9.17) is 4.74 Å². The van der Waals surface area contributed by atoms with E-state index in [9.17, 15) is 8.78 Å². The normalized spacial score (nSPS) is 10.7. The molecule has 2 nitrogen and oxygen atoms in total. The van der Waals surface area contributed by atoms with Crippen molar-refractivity contribution in [1.29, 1.82) is 0 Å². The summed E-state index contributed by atoms with van der Waals surface area (Å²) in [6.07, 6.45) is -1.12. The molecule has 6 heteroatoms. The molecule has 14 heavy (non-hydrogen) atoms. The molecule has 0 radical (unpaired) electrons. The van der Waals surface area contributed by atoms with Gasteiger partial charge in [-0.25, -0.2) is 13.8 Å². The molecule has 0 saturated heterocycles. The molecule has 1 aromatic heterocycles. The van der Waals surface area contributed by atoms with Crippen LogP contribution in [0.2, 0.25) is 0 Å². The molecule has 0 unspecified atom stereocenters. The van der Waals surface area contributed by atoms with E-state index in [0.717, 1.165) is 0 Å². The van der Waals surface area contributed by atoms with Crippen LogP contribution in [-0.4, -0.2) is 12.1 Å². The Kier molecular flexibility index (Phi) is 4.25. The first-order chi connectivity index (χ1) is 6.61. The molecule has 78 valence electrons. The number of aromatic nitrogens is 1.